The molecule has 2 fully saturated rings. The summed E-state index contributed by atoms with van der Waals surface area (Å²) in [5.41, 5.74) is 0. The molecule has 0 aromatic heterocycles. The Kier molecular flexibility index (Phi) is 6.18. The maximum atomic E-state index is 13.0. The van der Waals surface area contributed by atoms with E-state index in [1.54, 1.807) is 4.90 Å². The van der Waals surface area contributed by atoms with Gasteiger partial charge in [-0.25, -0.2) is 12.8 Å². The number of piperazine rings is 1. The monoisotopic (exact) mass is 398 g/mol. The van der Waals surface area contributed by atoms with Crippen molar-refractivity contribution < 1.29 is 22.5 Å². The highest BCUT2D eigenvalue weighted by atomic mass is 32.2. The molecule has 1 amide bonds. The van der Waals surface area contributed by atoms with Crippen LogP contribution in [-0.4, -0.2) is 69.3 Å². The van der Waals surface area contributed by atoms with Crippen molar-refractivity contribution in [2.45, 2.75) is 25.2 Å². The van der Waals surface area contributed by atoms with E-state index in [2.05, 4.69) is 13.8 Å². The lowest BCUT2D eigenvalue weighted by atomic mass is 9.92. The molecule has 6 nitrogen and oxygen atoms in total. The van der Waals surface area contributed by atoms with Crippen LogP contribution in [0.1, 0.15) is 20.3 Å². The molecule has 27 heavy (non-hydrogen) atoms. The summed E-state index contributed by atoms with van der Waals surface area (Å²) in [6.45, 7) is 8.35. The quantitative estimate of drug-likeness (QED) is 0.789. The normalized spacial score (nSPS) is 27.5. The number of hydrogen-bond acceptors (Lipinski definition) is 3. The van der Waals surface area contributed by atoms with Crippen molar-refractivity contribution in [3.8, 4) is 0 Å². The van der Waals surface area contributed by atoms with Crippen LogP contribution in [0.2, 0.25) is 0 Å². The lowest BCUT2D eigenvalue weighted by Crippen LogP contribution is -3.15. The molecule has 2 atom stereocenters. The van der Waals surface area contributed by atoms with E-state index in [9.17, 15) is 17.6 Å². The van der Waals surface area contributed by atoms with Crippen molar-refractivity contribution in [2.24, 2.45) is 11.8 Å². The molecule has 2 aliphatic rings. The second-order valence-corrected chi connectivity index (χ2v) is 9.96. The summed E-state index contributed by atoms with van der Waals surface area (Å²) in [6, 6.07) is 4.86. The predicted octanol–water partition coefficient (Wildman–Crippen LogP) is 0.219. The summed E-state index contributed by atoms with van der Waals surface area (Å²) < 4.78 is 39.7. The number of halogens is 1. The van der Waals surface area contributed by atoms with Gasteiger partial charge >= 0.3 is 0 Å². The Morgan fingerprint density at radius 2 is 1.63 bits per heavy atom. The minimum atomic E-state index is -3.65. The maximum Gasteiger partial charge on any atom is 0.277 e. The number of benzene rings is 1. The summed E-state index contributed by atoms with van der Waals surface area (Å²) in [5.74, 6) is 0.904. The van der Waals surface area contributed by atoms with Gasteiger partial charge in [-0.15, -0.1) is 0 Å². The molecule has 2 heterocycles. The van der Waals surface area contributed by atoms with E-state index in [0.717, 1.165) is 25.2 Å². The fourth-order valence-corrected chi connectivity index (χ4v) is 5.75. The van der Waals surface area contributed by atoms with Gasteiger partial charge < -0.3 is 9.80 Å². The Bertz CT molecular complexity index is 751. The van der Waals surface area contributed by atoms with E-state index >= 15 is 0 Å². The predicted molar refractivity (Wildman–Crippen MR) is 100 cm³/mol. The van der Waals surface area contributed by atoms with Gasteiger partial charge in [0.05, 0.1) is 18.0 Å². The van der Waals surface area contributed by atoms with Crippen molar-refractivity contribution >= 4 is 15.9 Å². The first-order valence-electron chi connectivity index (χ1n) is 9.62. The number of nitrogens with zero attached hydrogens (tertiary/aromatic N) is 2. The Morgan fingerprint density at radius 3 is 2.19 bits per heavy atom. The summed E-state index contributed by atoms with van der Waals surface area (Å²) in [6.07, 6.45) is 1.22. The van der Waals surface area contributed by atoms with E-state index in [1.807, 2.05) is 0 Å². The zero-order valence-corrected chi connectivity index (χ0v) is 16.8. The maximum absolute atomic E-state index is 13.0. The zero-order chi connectivity index (χ0) is 19.6. The molecule has 0 aliphatic carbocycles. The van der Waals surface area contributed by atoms with Crippen molar-refractivity contribution in [3.05, 3.63) is 30.1 Å². The summed E-state index contributed by atoms with van der Waals surface area (Å²) in [7, 11) is -3.65. The fourth-order valence-electron chi connectivity index (χ4n) is 4.33. The van der Waals surface area contributed by atoms with E-state index in [0.29, 0.717) is 31.5 Å². The molecule has 1 aromatic rings. The molecule has 150 valence electrons. The Balaban J connectivity index is 1.55. The average molecular weight is 399 g/mol. The molecule has 0 bridgehead atoms. The highest BCUT2D eigenvalue weighted by Crippen LogP contribution is 2.18. The fraction of sp³-hybridized carbons (Fsp3) is 0.632. The van der Waals surface area contributed by atoms with Crippen LogP contribution in [0.5, 0.6) is 0 Å². The smallest absolute Gasteiger partial charge is 0.277 e. The number of amides is 1. The highest BCUT2D eigenvalue weighted by molar-refractivity contribution is 7.89. The van der Waals surface area contributed by atoms with Gasteiger partial charge in [-0.3, -0.25) is 4.79 Å². The minimum Gasteiger partial charge on any atom is -0.335 e. The minimum absolute atomic E-state index is 0.0874. The Labute approximate surface area is 161 Å². The van der Waals surface area contributed by atoms with Crippen LogP contribution in [0.4, 0.5) is 4.39 Å². The first kappa shape index (κ1) is 20.2. The lowest BCUT2D eigenvalue weighted by molar-refractivity contribution is -0.904. The van der Waals surface area contributed by atoms with E-state index in [4.69, 9.17) is 0 Å². The van der Waals surface area contributed by atoms with Crippen LogP contribution in [0.3, 0.4) is 0 Å². The summed E-state index contributed by atoms with van der Waals surface area (Å²) in [4.78, 5) is 15.8. The Hall–Kier alpha value is -1.51. The van der Waals surface area contributed by atoms with E-state index in [-0.39, 0.29) is 23.9 Å². The van der Waals surface area contributed by atoms with Crippen molar-refractivity contribution in [2.75, 3.05) is 45.8 Å². The third kappa shape index (κ3) is 4.86. The van der Waals surface area contributed by atoms with Gasteiger partial charge in [-0.05, 0) is 30.7 Å². The largest absolute Gasteiger partial charge is 0.335 e. The second kappa shape index (κ2) is 8.24. The Morgan fingerprint density at radius 1 is 1.07 bits per heavy atom. The van der Waals surface area contributed by atoms with Gasteiger partial charge in [0.15, 0.2) is 6.54 Å². The number of carbonyl (C=O) groups excluding carboxylic acids is 1. The van der Waals surface area contributed by atoms with Crippen molar-refractivity contribution in [3.63, 3.8) is 0 Å². The molecule has 0 radical (unpaired) electrons. The molecule has 0 saturated carbocycles. The molecule has 1 N–H and O–H groups in total. The van der Waals surface area contributed by atoms with Crippen molar-refractivity contribution in [1.29, 1.82) is 0 Å². The molecular weight excluding hydrogens is 369 g/mol. The second-order valence-electron chi connectivity index (χ2n) is 8.02. The molecule has 0 spiro atoms. The van der Waals surface area contributed by atoms with Gasteiger partial charge in [0.25, 0.3) is 5.91 Å². The molecular formula is C19H29FN3O3S+. The van der Waals surface area contributed by atoms with Gasteiger partial charge in [-0.2, -0.15) is 4.31 Å². The number of likely N-dealkylation sites (tertiary alicyclic amines) is 1. The molecule has 1 aromatic carbocycles. The van der Waals surface area contributed by atoms with Crippen LogP contribution in [0, 0.1) is 17.7 Å². The summed E-state index contributed by atoms with van der Waals surface area (Å²) >= 11 is 0. The van der Waals surface area contributed by atoms with Crippen LogP contribution < -0.4 is 4.90 Å². The number of hydrogen-bond donors (Lipinski definition) is 1. The first-order valence-corrected chi connectivity index (χ1v) is 11.1. The first-order chi connectivity index (χ1) is 12.8. The number of carbonyl (C=O) groups is 1. The average Bonchev–Trinajstić information content (AvgIpc) is 2.61. The van der Waals surface area contributed by atoms with Gasteiger partial charge in [0.1, 0.15) is 5.82 Å². The third-order valence-corrected chi connectivity index (χ3v) is 7.44. The van der Waals surface area contributed by atoms with E-state index in [1.165, 1.54) is 27.8 Å². The molecule has 2 saturated heterocycles. The van der Waals surface area contributed by atoms with Crippen LogP contribution in [0.25, 0.3) is 0 Å². The van der Waals surface area contributed by atoms with Crippen LogP contribution >= 0.6 is 0 Å². The number of nitrogens with one attached hydrogen (secondary N) is 1. The highest BCUT2D eigenvalue weighted by Gasteiger charge is 2.32. The van der Waals surface area contributed by atoms with E-state index < -0.39 is 15.8 Å². The zero-order valence-electron chi connectivity index (χ0n) is 16.0. The number of quaternary nitrogens is 1. The lowest BCUT2D eigenvalue weighted by Gasteiger charge is -2.36. The molecule has 0 unspecified atom stereocenters. The molecule has 3 rings (SSSR count). The van der Waals surface area contributed by atoms with Crippen molar-refractivity contribution in [1.82, 2.24) is 9.21 Å². The number of rotatable bonds is 4. The van der Waals surface area contributed by atoms with Crippen LogP contribution in [-0.2, 0) is 14.8 Å². The SMILES string of the molecule is C[C@@H]1C[C@@H](C)C[NH+](CC(=O)N2CCN(S(=O)(=O)c3ccc(F)cc3)CC2)C1. The summed E-state index contributed by atoms with van der Waals surface area (Å²) in [5, 5.41) is 0. The molecule has 2 aliphatic heterocycles. The number of piperidine rings is 1. The third-order valence-electron chi connectivity index (χ3n) is 5.52. The van der Waals surface area contributed by atoms with Crippen LogP contribution in [0.15, 0.2) is 29.2 Å². The van der Waals surface area contributed by atoms with Gasteiger partial charge in [-0.1, -0.05) is 13.8 Å². The van der Waals surface area contributed by atoms with Gasteiger partial charge in [0.2, 0.25) is 10.0 Å². The standard InChI is InChI=1S/C19H28FN3O3S/c1-15-11-16(2)13-21(12-15)14-19(24)22-7-9-23(10-8-22)27(25,26)18-5-3-17(20)4-6-18/h3-6,15-16H,7-14H2,1-2H3/p+1/t15-,16-/m1/s1. The topological polar surface area (TPSA) is 62.1 Å². The van der Waals surface area contributed by atoms with Gasteiger partial charge in [0, 0.05) is 38.0 Å². The number of sulfonamides is 1. The molecule has 8 heteroatoms.